The van der Waals surface area contributed by atoms with Gasteiger partial charge in [-0.1, -0.05) is 6.92 Å². The van der Waals surface area contributed by atoms with E-state index in [2.05, 4.69) is 6.92 Å². The van der Waals surface area contributed by atoms with Crippen LogP contribution in [0, 0.1) is 5.92 Å². The molecule has 2 atom stereocenters. The van der Waals surface area contributed by atoms with E-state index in [1.807, 2.05) is 4.90 Å². The molecule has 1 fully saturated rings. The fourth-order valence-corrected chi connectivity index (χ4v) is 1.45. The van der Waals surface area contributed by atoms with Crippen molar-refractivity contribution in [2.45, 2.75) is 26.3 Å². The Labute approximate surface area is 67.5 Å². The van der Waals surface area contributed by atoms with Gasteiger partial charge in [0.05, 0.1) is 0 Å². The van der Waals surface area contributed by atoms with E-state index in [9.17, 15) is 4.79 Å². The summed E-state index contributed by atoms with van der Waals surface area (Å²) in [6.07, 6.45) is 0.945. The number of amides is 1. The van der Waals surface area contributed by atoms with Crippen LogP contribution in [-0.4, -0.2) is 29.9 Å². The van der Waals surface area contributed by atoms with Gasteiger partial charge in [0.2, 0.25) is 5.91 Å². The summed E-state index contributed by atoms with van der Waals surface area (Å²) in [5, 5.41) is 0. The maximum Gasteiger partial charge on any atom is 0.219 e. The molecule has 11 heavy (non-hydrogen) atoms. The van der Waals surface area contributed by atoms with E-state index in [-0.39, 0.29) is 11.9 Å². The van der Waals surface area contributed by atoms with Crippen molar-refractivity contribution < 1.29 is 4.79 Å². The summed E-state index contributed by atoms with van der Waals surface area (Å²) in [4.78, 5) is 12.8. The second kappa shape index (κ2) is 3.22. The molecule has 1 heterocycles. The summed E-state index contributed by atoms with van der Waals surface area (Å²) >= 11 is 0. The summed E-state index contributed by atoms with van der Waals surface area (Å²) < 4.78 is 0. The molecule has 0 saturated carbocycles. The highest BCUT2D eigenvalue weighted by molar-refractivity contribution is 5.73. The number of likely N-dealkylation sites (tertiary alicyclic amines) is 1. The fraction of sp³-hybridized carbons (Fsp3) is 0.875. The minimum Gasteiger partial charge on any atom is -0.343 e. The van der Waals surface area contributed by atoms with E-state index in [4.69, 9.17) is 5.73 Å². The number of rotatable bonds is 0. The Bertz CT molecular complexity index is 158. The Morgan fingerprint density at radius 3 is 2.73 bits per heavy atom. The predicted molar refractivity (Wildman–Crippen MR) is 44.0 cm³/mol. The molecule has 0 radical (unpaired) electrons. The Hall–Kier alpha value is -0.570. The van der Waals surface area contributed by atoms with Crippen LogP contribution in [0.15, 0.2) is 0 Å². The molecule has 0 bridgehead atoms. The third-order valence-electron chi connectivity index (χ3n) is 2.42. The molecule has 1 aliphatic heterocycles. The van der Waals surface area contributed by atoms with E-state index in [1.54, 1.807) is 6.92 Å². The van der Waals surface area contributed by atoms with Crippen LogP contribution in [0.4, 0.5) is 0 Å². The summed E-state index contributed by atoms with van der Waals surface area (Å²) in [7, 11) is 0. The van der Waals surface area contributed by atoms with Crippen LogP contribution in [0.5, 0.6) is 0 Å². The molecule has 0 spiro atoms. The number of piperidine rings is 1. The van der Waals surface area contributed by atoms with Crippen LogP contribution in [0.25, 0.3) is 0 Å². The lowest BCUT2D eigenvalue weighted by Gasteiger charge is -2.34. The third-order valence-corrected chi connectivity index (χ3v) is 2.42. The van der Waals surface area contributed by atoms with Gasteiger partial charge in [-0.15, -0.1) is 0 Å². The van der Waals surface area contributed by atoms with Gasteiger partial charge in [0.25, 0.3) is 0 Å². The molecule has 0 unspecified atom stereocenters. The molecule has 64 valence electrons. The third kappa shape index (κ3) is 1.93. The molecular formula is C8H16N2O. The SMILES string of the molecule is CC(=O)N1CC[C@@H](N)[C@@H](C)C1. The highest BCUT2D eigenvalue weighted by Crippen LogP contribution is 2.14. The molecule has 3 heteroatoms. The van der Waals surface area contributed by atoms with Crippen molar-refractivity contribution in [3.8, 4) is 0 Å². The molecular weight excluding hydrogens is 140 g/mol. The lowest BCUT2D eigenvalue weighted by molar-refractivity contribution is -0.130. The zero-order chi connectivity index (χ0) is 8.43. The molecule has 0 aromatic heterocycles. The fourth-order valence-electron chi connectivity index (χ4n) is 1.45. The first kappa shape index (κ1) is 8.53. The van der Waals surface area contributed by atoms with Crippen LogP contribution in [0.1, 0.15) is 20.3 Å². The molecule has 3 nitrogen and oxygen atoms in total. The Morgan fingerprint density at radius 2 is 2.27 bits per heavy atom. The average Bonchev–Trinajstić information content (AvgIpc) is 1.94. The standard InChI is InChI=1S/C8H16N2O/c1-6-5-10(7(2)11)4-3-8(6)9/h6,8H,3-5,9H2,1-2H3/t6-,8+/m0/s1. The van der Waals surface area contributed by atoms with Crippen LogP contribution in [0.2, 0.25) is 0 Å². The smallest absolute Gasteiger partial charge is 0.219 e. The van der Waals surface area contributed by atoms with Gasteiger partial charge in [-0.3, -0.25) is 4.79 Å². The van der Waals surface area contributed by atoms with Crippen molar-refractivity contribution >= 4 is 5.91 Å². The highest BCUT2D eigenvalue weighted by Gasteiger charge is 2.23. The zero-order valence-corrected chi connectivity index (χ0v) is 7.21. The van der Waals surface area contributed by atoms with E-state index in [0.717, 1.165) is 19.5 Å². The molecule has 0 aliphatic carbocycles. The first-order valence-electron chi connectivity index (χ1n) is 4.12. The molecule has 0 aromatic carbocycles. The minimum absolute atomic E-state index is 0.170. The van der Waals surface area contributed by atoms with Crippen molar-refractivity contribution in [1.82, 2.24) is 4.90 Å². The largest absolute Gasteiger partial charge is 0.343 e. The normalized spacial score (nSPS) is 32.1. The first-order chi connectivity index (χ1) is 5.11. The maximum atomic E-state index is 10.9. The first-order valence-corrected chi connectivity index (χ1v) is 4.12. The number of carbonyl (C=O) groups is 1. The molecule has 2 N–H and O–H groups in total. The molecule has 0 aromatic rings. The van der Waals surface area contributed by atoms with E-state index in [1.165, 1.54) is 0 Å². The van der Waals surface area contributed by atoms with Gasteiger partial charge in [-0.2, -0.15) is 0 Å². The van der Waals surface area contributed by atoms with Gasteiger partial charge in [0.15, 0.2) is 0 Å². The molecule has 1 rings (SSSR count). The number of nitrogens with zero attached hydrogens (tertiary/aromatic N) is 1. The van der Waals surface area contributed by atoms with E-state index < -0.39 is 0 Å². The summed E-state index contributed by atoms with van der Waals surface area (Å²) in [6, 6.07) is 0.283. The van der Waals surface area contributed by atoms with Crippen molar-refractivity contribution in [3.63, 3.8) is 0 Å². The predicted octanol–water partition coefficient (Wildman–Crippen LogP) is 0.202. The summed E-state index contributed by atoms with van der Waals surface area (Å²) in [5.74, 6) is 0.622. The lowest BCUT2D eigenvalue weighted by Crippen LogP contribution is -2.47. The van der Waals surface area contributed by atoms with Crippen molar-refractivity contribution in [2.24, 2.45) is 11.7 Å². The quantitative estimate of drug-likeness (QED) is 0.544. The monoisotopic (exact) mass is 156 g/mol. The zero-order valence-electron chi connectivity index (χ0n) is 7.21. The number of hydrogen-bond donors (Lipinski definition) is 1. The molecule has 1 aliphatic rings. The van der Waals surface area contributed by atoms with E-state index in [0.29, 0.717) is 5.92 Å². The van der Waals surface area contributed by atoms with Crippen molar-refractivity contribution in [3.05, 3.63) is 0 Å². The number of carbonyl (C=O) groups excluding carboxylic acids is 1. The van der Waals surface area contributed by atoms with Crippen molar-refractivity contribution in [2.75, 3.05) is 13.1 Å². The Kier molecular flexibility index (Phi) is 2.49. The lowest BCUT2D eigenvalue weighted by atomic mass is 9.95. The maximum absolute atomic E-state index is 10.9. The number of hydrogen-bond acceptors (Lipinski definition) is 2. The average molecular weight is 156 g/mol. The summed E-state index contributed by atoms with van der Waals surface area (Å²) in [6.45, 7) is 5.38. The minimum atomic E-state index is 0.170. The topological polar surface area (TPSA) is 46.3 Å². The van der Waals surface area contributed by atoms with Crippen LogP contribution in [0.3, 0.4) is 0 Å². The van der Waals surface area contributed by atoms with Crippen LogP contribution in [-0.2, 0) is 4.79 Å². The van der Waals surface area contributed by atoms with Gasteiger partial charge >= 0.3 is 0 Å². The summed E-state index contributed by atoms with van der Waals surface area (Å²) in [5.41, 5.74) is 5.80. The molecule has 1 saturated heterocycles. The van der Waals surface area contributed by atoms with Gasteiger partial charge in [-0.05, 0) is 12.3 Å². The molecule has 1 amide bonds. The second-order valence-corrected chi connectivity index (χ2v) is 3.39. The van der Waals surface area contributed by atoms with Gasteiger partial charge in [0.1, 0.15) is 0 Å². The number of nitrogens with two attached hydrogens (primary N) is 1. The van der Waals surface area contributed by atoms with Crippen LogP contribution >= 0.6 is 0 Å². The Balaban J connectivity index is 2.46. The van der Waals surface area contributed by atoms with Gasteiger partial charge in [-0.25, -0.2) is 0 Å². The van der Waals surface area contributed by atoms with Gasteiger partial charge < -0.3 is 10.6 Å². The van der Waals surface area contributed by atoms with Crippen LogP contribution < -0.4 is 5.73 Å². The van der Waals surface area contributed by atoms with Gasteiger partial charge in [0, 0.05) is 26.1 Å². The van der Waals surface area contributed by atoms with E-state index >= 15 is 0 Å². The van der Waals surface area contributed by atoms with Crippen molar-refractivity contribution in [1.29, 1.82) is 0 Å². The Morgan fingerprint density at radius 1 is 1.64 bits per heavy atom. The second-order valence-electron chi connectivity index (χ2n) is 3.39. The highest BCUT2D eigenvalue weighted by atomic mass is 16.2.